The third-order valence-corrected chi connectivity index (χ3v) is 3.97. The standard InChI is InChI=1S/C21H19NO3/c1-15(20(23)22-14-16-8-3-2-4-9-16)25-21(24)19-13-7-11-17-10-5-6-12-18(17)19/h2-13,15H,14H2,1H3,(H,22,23)/t15-/m0/s1. The fourth-order valence-electron chi connectivity index (χ4n) is 2.61. The predicted molar refractivity (Wildman–Crippen MR) is 97.1 cm³/mol. The van der Waals surface area contributed by atoms with Gasteiger partial charge in [0.25, 0.3) is 5.91 Å². The van der Waals surface area contributed by atoms with Gasteiger partial charge in [0.05, 0.1) is 5.56 Å². The van der Waals surface area contributed by atoms with Crippen molar-refractivity contribution in [1.29, 1.82) is 0 Å². The van der Waals surface area contributed by atoms with Gasteiger partial charge >= 0.3 is 5.97 Å². The molecule has 0 aromatic heterocycles. The number of fused-ring (bicyclic) bond motifs is 1. The molecule has 0 aliphatic carbocycles. The third-order valence-electron chi connectivity index (χ3n) is 3.97. The molecule has 3 aromatic carbocycles. The van der Waals surface area contributed by atoms with Crippen LogP contribution in [0, 0.1) is 0 Å². The van der Waals surface area contributed by atoms with Gasteiger partial charge in [-0.3, -0.25) is 4.79 Å². The van der Waals surface area contributed by atoms with Crippen LogP contribution in [0.1, 0.15) is 22.8 Å². The molecule has 3 aromatic rings. The molecule has 1 N–H and O–H groups in total. The first-order valence-corrected chi connectivity index (χ1v) is 8.15. The van der Waals surface area contributed by atoms with Crippen molar-refractivity contribution in [2.45, 2.75) is 19.6 Å². The summed E-state index contributed by atoms with van der Waals surface area (Å²) in [6.45, 7) is 1.97. The summed E-state index contributed by atoms with van der Waals surface area (Å²) in [6, 6.07) is 22.6. The summed E-state index contributed by atoms with van der Waals surface area (Å²) in [5.74, 6) is -0.823. The van der Waals surface area contributed by atoms with E-state index in [2.05, 4.69) is 5.32 Å². The minimum Gasteiger partial charge on any atom is -0.449 e. The number of ether oxygens (including phenoxy) is 1. The number of benzene rings is 3. The lowest BCUT2D eigenvalue weighted by Gasteiger charge is -2.14. The maximum atomic E-state index is 12.4. The summed E-state index contributed by atoms with van der Waals surface area (Å²) in [7, 11) is 0. The maximum Gasteiger partial charge on any atom is 0.339 e. The highest BCUT2D eigenvalue weighted by molar-refractivity contribution is 6.05. The SMILES string of the molecule is C[C@H](OC(=O)c1cccc2ccccc12)C(=O)NCc1ccccc1. The van der Waals surface area contributed by atoms with Crippen LogP contribution in [-0.4, -0.2) is 18.0 Å². The predicted octanol–water partition coefficient (Wildman–Crippen LogP) is 3.70. The fraction of sp³-hybridized carbons (Fsp3) is 0.143. The largest absolute Gasteiger partial charge is 0.449 e. The van der Waals surface area contributed by atoms with Gasteiger partial charge in [0.1, 0.15) is 0 Å². The Kier molecular flexibility index (Phi) is 5.09. The monoisotopic (exact) mass is 333 g/mol. The molecule has 3 rings (SSSR count). The second-order valence-corrected chi connectivity index (χ2v) is 5.78. The third kappa shape index (κ3) is 4.04. The number of carbonyl (C=O) groups excluding carboxylic acids is 2. The molecule has 0 aliphatic heterocycles. The second-order valence-electron chi connectivity index (χ2n) is 5.78. The van der Waals surface area contributed by atoms with Gasteiger partial charge in [0, 0.05) is 6.54 Å². The van der Waals surface area contributed by atoms with E-state index in [-0.39, 0.29) is 5.91 Å². The van der Waals surface area contributed by atoms with Crippen LogP contribution in [0.2, 0.25) is 0 Å². The van der Waals surface area contributed by atoms with Crippen LogP contribution in [0.4, 0.5) is 0 Å². The van der Waals surface area contributed by atoms with Crippen LogP contribution < -0.4 is 5.32 Å². The average Bonchev–Trinajstić information content (AvgIpc) is 2.66. The summed E-state index contributed by atoms with van der Waals surface area (Å²) in [5.41, 5.74) is 1.45. The lowest BCUT2D eigenvalue weighted by molar-refractivity contribution is -0.129. The Balaban J connectivity index is 1.64. The van der Waals surface area contributed by atoms with Crippen molar-refractivity contribution < 1.29 is 14.3 Å². The van der Waals surface area contributed by atoms with Crippen molar-refractivity contribution in [3.63, 3.8) is 0 Å². The molecule has 0 saturated heterocycles. The van der Waals surface area contributed by atoms with E-state index in [0.717, 1.165) is 16.3 Å². The highest BCUT2D eigenvalue weighted by Crippen LogP contribution is 2.19. The average molecular weight is 333 g/mol. The van der Waals surface area contributed by atoms with Crippen LogP contribution >= 0.6 is 0 Å². The molecular formula is C21H19NO3. The zero-order valence-corrected chi connectivity index (χ0v) is 13.9. The molecule has 0 heterocycles. The second kappa shape index (κ2) is 7.62. The zero-order chi connectivity index (χ0) is 17.6. The van der Waals surface area contributed by atoms with Crippen molar-refractivity contribution in [1.82, 2.24) is 5.32 Å². The zero-order valence-electron chi connectivity index (χ0n) is 13.9. The molecule has 0 fully saturated rings. The van der Waals surface area contributed by atoms with Crippen molar-refractivity contribution in [3.05, 3.63) is 83.9 Å². The Morgan fingerprint density at radius 3 is 2.40 bits per heavy atom. The molecule has 0 saturated carbocycles. The molecule has 0 unspecified atom stereocenters. The number of hydrogen-bond acceptors (Lipinski definition) is 3. The van der Waals surface area contributed by atoms with Crippen molar-refractivity contribution in [3.8, 4) is 0 Å². The number of nitrogens with one attached hydrogen (secondary N) is 1. The molecule has 0 spiro atoms. The normalized spacial score (nSPS) is 11.7. The van der Waals surface area contributed by atoms with E-state index in [1.807, 2.05) is 60.7 Å². The van der Waals surface area contributed by atoms with Gasteiger partial charge in [0.2, 0.25) is 0 Å². The minimum atomic E-state index is -0.866. The molecule has 126 valence electrons. The quantitative estimate of drug-likeness (QED) is 0.724. The van der Waals surface area contributed by atoms with E-state index >= 15 is 0 Å². The van der Waals surface area contributed by atoms with E-state index < -0.39 is 12.1 Å². The molecule has 4 nitrogen and oxygen atoms in total. The van der Waals surface area contributed by atoms with Crippen molar-refractivity contribution in [2.75, 3.05) is 0 Å². The van der Waals surface area contributed by atoms with Crippen molar-refractivity contribution in [2.24, 2.45) is 0 Å². The summed E-state index contributed by atoms with van der Waals surface area (Å²) in [6.07, 6.45) is -0.866. The first kappa shape index (κ1) is 16.7. The molecule has 4 heteroatoms. The summed E-state index contributed by atoms with van der Waals surface area (Å²) >= 11 is 0. The number of carbonyl (C=O) groups is 2. The molecular weight excluding hydrogens is 314 g/mol. The van der Waals surface area contributed by atoms with Gasteiger partial charge in [-0.05, 0) is 29.3 Å². The Hall–Kier alpha value is -3.14. The van der Waals surface area contributed by atoms with E-state index in [4.69, 9.17) is 4.74 Å². The summed E-state index contributed by atoms with van der Waals surface area (Å²) in [5, 5.41) is 4.55. The first-order valence-electron chi connectivity index (χ1n) is 8.15. The van der Waals surface area contributed by atoms with E-state index in [1.54, 1.807) is 19.1 Å². The number of amides is 1. The van der Waals surface area contributed by atoms with Gasteiger partial charge in [-0.1, -0.05) is 66.7 Å². The molecule has 1 atom stereocenters. The highest BCUT2D eigenvalue weighted by Gasteiger charge is 2.19. The van der Waals surface area contributed by atoms with Gasteiger partial charge < -0.3 is 10.1 Å². The van der Waals surface area contributed by atoms with Crippen LogP contribution in [0.25, 0.3) is 10.8 Å². The van der Waals surface area contributed by atoms with Crippen LogP contribution in [-0.2, 0) is 16.1 Å². The van der Waals surface area contributed by atoms with Gasteiger partial charge in [-0.25, -0.2) is 4.79 Å². The molecule has 1 amide bonds. The van der Waals surface area contributed by atoms with Crippen molar-refractivity contribution >= 4 is 22.6 Å². The Labute approximate surface area is 146 Å². The van der Waals surface area contributed by atoms with E-state index in [9.17, 15) is 9.59 Å². The van der Waals surface area contributed by atoms with E-state index in [1.165, 1.54) is 0 Å². The molecule has 0 bridgehead atoms. The smallest absolute Gasteiger partial charge is 0.339 e. The Bertz CT molecular complexity index is 885. The minimum absolute atomic E-state index is 0.322. The first-order chi connectivity index (χ1) is 12.1. The van der Waals surface area contributed by atoms with Crippen LogP contribution in [0.3, 0.4) is 0 Å². The lowest BCUT2D eigenvalue weighted by Crippen LogP contribution is -2.35. The Morgan fingerprint density at radius 1 is 0.920 bits per heavy atom. The number of hydrogen-bond donors (Lipinski definition) is 1. The fourth-order valence-corrected chi connectivity index (χ4v) is 2.61. The lowest BCUT2D eigenvalue weighted by atomic mass is 10.0. The summed E-state index contributed by atoms with van der Waals surface area (Å²) < 4.78 is 5.34. The number of rotatable bonds is 5. The molecule has 0 radical (unpaired) electrons. The van der Waals surface area contributed by atoms with Crippen LogP contribution in [0.5, 0.6) is 0 Å². The van der Waals surface area contributed by atoms with Gasteiger partial charge in [-0.15, -0.1) is 0 Å². The highest BCUT2D eigenvalue weighted by atomic mass is 16.5. The Morgan fingerprint density at radius 2 is 1.60 bits per heavy atom. The molecule has 0 aliphatic rings. The molecule has 25 heavy (non-hydrogen) atoms. The maximum absolute atomic E-state index is 12.4. The van der Waals surface area contributed by atoms with E-state index in [0.29, 0.717) is 12.1 Å². The van der Waals surface area contributed by atoms with Gasteiger partial charge in [0.15, 0.2) is 6.10 Å². The van der Waals surface area contributed by atoms with Crippen LogP contribution in [0.15, 0.2) is 72.8 Å². The number of esters is 1. The topological polar surface area (TPSA) is 55.4 Å². The summed E-state index contributed by atoms with van der Waals surface area (Å²) in [4.78, 5) is 24.6. The van der Waals surface area contributed by atoms with Gasteiger partial charge in [-0.2, -0.15) is 0 Å².